The molecule has 2 amide bonds. The second kappa shape index (κ2) is 3.68. The highest BCUT2D eigenvalue weighted by atomic mass is 16.2. The first-order chi connectivity index (χ1) is 7.24. The SMILES string of the molecule is CCNC(=O)C1=CC=CC2=NNC(=O)C12. The van der Waals surface area contributed by atoms with Crippen LogP contribution in [0.15, 0.2) is 28.9 Å². The van der Waals surface area contributed by atoms with E-state index in [-0.39, 0.29) is 11.8 Å². The summed E-state index contributed by atoms with van der Waals surface area (Å²) in [6, 6.07) is 0. The number of carbonyl (C=O) groups is 2. The van der Waals surface area contributed by atoms with Crippen LogP contribution < -0.4 is 10.7 Å². The molecule has 0 fully saturated rings. The van der Waals surface area contributed by atoms with Crippen LogP contribution in [-0.2, 0) is 9.59 Å². The molecule has 1 atom stereocenters. The molecule has 5 nitrogen and oxygen atoms in total. The first kappa shape index (κ1) is 9.64. The molecule has 2 N–H and O–H groups in total. The van der Waals surface area contributed by atoms with Crippen LogP contribution >= 0.6 is 0 Å². The molecule has 5 heteroatoms. The lowest BCUT2D eigenvalue weighted by atomic mass is 9.89. The van der Waals surface area contributed by atoms with Crippen LogP contribution in [0.3, 0.4) is 0 Å². The van der Waals surface area contributed by atoms with Crippen LogP contribution in [-0.4, -0.2) is 24.1 Å². The lowest BCUT2D eigenvalue weighted by molar-refractivity contribution is -0.124. The summed E-state index contributed by atoms with van der Waals surface area (Å²) in [7, 11) is 0. The van der Waals surface area contributed by atoms with Crippen LogP contribution in [0, 0.1) is 5.92 Å². The third kappa shape index (κ3) is 1.56. The predicted octanol–water partition coefficient (Wildman–Crippen LogP) is -0.279. The van der Waals surface area contributed by atoms with Crippen molar-refractivity contribution in [3.63, 3.8) is 0 Å². The topological polar surface area (TPSA) is 70.6 Å². The summed E-state index contributed by atoms with van der Waals surface area (Å²) in [6.07, 6.45) is 5.10. The number of hydrogen-bond donors (Lipinski definition) is 2. The van der Waals surface area contributed by atoms with Gasteiger partial charge in [0.2, 0.25) is 5.91 Å². The Labute approximate surface area is 86.9 Å². The predicted molar refractivity (Wildman–Crippen MR) is 55.0 cm³/mol. The molecule has 0 aromatic carbocycles. The van der Waals surface area contributed by atoms with Gasteiger partial charge in [0.25, 0.3) is 5.91 Å². The first-order valence-electron chi connectivity index (χ1n) is 4.78. The van der Waals surface area contributed by atoms with Gasteiger partial charge in [-0.2, -0.15) is 5.10 Å². The fourth-order valence-electron chi connectivity index (χ4n) is 1.63. The maximum Gasteiger partial charge on any atom is 0.253 e. The maximum absolute atomic E-state index is 11.6. The van der Waals surface area contributed by atoms with Crippen molar-refractivity contribution in [1.82, 2.24) is 10.7 Å². The smallest absolute Gasteiger partial charge is 0.253 e. The Balaban J connectivity index is 2.28. The molecule has 1 aliphatic carbocycles. The van der Waals surface area contributed by atoms with Crippen molar-refractivity contribution in [2.45, 2.75) is 6.92 Å². The Hall–Kier alpha value is -1.91. The van der Waals surface area contributed by atoms with Crippen LogP contribution in [0.25, 0.3) is 0 Å². The lowest BCUT2D eigenvalue weighted by Crippen LogP contribution is -2.35. The Morgan fingerprint density at radius 2 is 2.47 bits per heavy atom. The molecule has 0 saturated carbocycles. The number of likely N-dealkylation sites (N-methyl/N-ethyl adjacent to an activating group) is 1. The highest BCUT2D eigenvalue weighted by molar-refractivity contribution is 6.21. The van der Waals surface area contributed by atoms with E-state index in [0.29, 0.717) is 17.8 Å². The van der Waals surface area contributed by atoms with Gasteiger partial charge in [0, 0.05) is 12.1 Å². The average molecular weight is 205 g/mol. The van der Waals surface area contributed by atoms with E-state index in [0.717, 1.165) is 0 Å². The number of allylic oxidation sites excluding steroid dienone is 3. The minimum absolute atomic E-state index is 0.211. The highest BCUT2D eigenvalue weighted by Crippen LogP contribution is 2.22. The molecule has 1 aliphatic heterocycles. The molecular formula is C10H11N3O2. The Morgan fingerprint density at radius 1 is 1.67 bits per heavy atom. The number of hydrogen-bond acceptors (Lipinski definition) is 3. The summed E-state index contributed by atoms with van der Waals surface area (Å²) in [5.74, 6) is -0.995. The number of carbonyl (C=O) groups excluding carboxylic acids is 2. The number of amides is 2. The van der Waals surface area contributed by atoms with E-state index >= 15 is 0 Å². The molecule has 0 bridgehead atoms. The second-order valence-electron chi connectivity index (χ2n) is 3.29. The maximum atomic E-state index is 11.6. The highest BCUT2D eigenvalue weighted by Gasteiger charge is 2.36. The Bertz CT molecular complexity index is 407. The van der Waals surface area contributed by atoms with Crippen molar-refractivity contribution in [2.24, 2.45) is 11.0 Å². The monoisotopic (exact) mass is 205 g/mol. The first-order valence-corrected chi connectivity index (χ1v) is 4.78. The summed E-state index contributed by atoms with van der Waals surface area (Å²) in [4.78, 5) is 23.1. The van der Waals surface area contributed by atoms with Gasteiger partial charge in [-0.05, 0) is 13.0 Å². The van der Waals surface area contributed by atoms with Crippen molar-refractivity contribution in [1.29, 1.82) is 0 Å². The molecular weight excluding hydrogens is 194 g/mol. The number of fused-ring (bicyclic) bond motifs is 1. The van der Waals surface area contributed by atoms with E-state index in [2.05, 4.69) is 15.8 Å². The van der Waals surface area contributed by atoms with Gasteiger partial charge in [-0.1, -0.05) is 12.2 Å². The minimum Gasteiger partial charge on any atom is -0.353 e. The number of hydrazone groups is 1. The normalized spacial score (nSPS) is 22.7. The van der Waals surface area contributed by atoms with E-state index < -0.39 is 5.92 Å². The average Bonchev–Trinajstić information content (AvgIpc) is 2.61. The lowest BCUT2D eigenvalue weighted by Gasteiger charge is -2.14. The van der Waals surface area contributed by atoms with Gasteiger partial charge in [-0.15, -0.1) is 0 Å². The quantitative estimate of drug-likeness (QED) is 0.651. The van der Waals surface area contributed by atoms with Gasteiger partial charge in [0.05, 0.1) is 5.71 Å². The zero-order chi connectivity index (χ0) is 10.8. The largest absolute Gasteiger partial charge is 0.353 e. The molecule has 0 saturated heterocycles. The molecule has 0 aromatic rings. The molecule has 0 spiro atoms. The van der Waals surface area contributed by atoms with Gasteiger partial charge >= 0.3 is 0 Å². The van der Waals surface area contributed by atoms with Crippen molar-refractivity contribution >= 4 is 17.5 Å². The van der Waals surface area contributed by atoms with Gasteiger partial charge in [0.1, 0.15) is 5.92 Å². The van der Waals surface area contributed by atoms with E-state index in [1.165, 1.54) is 0 Å². The van der Waals surface area contributed by atoms with Crippen LogP contribution in [0.5, 0.6) is 0 Å². The fourth-order valence-corrected chi connectivity index (χ4v) is 1.63. The standard InChI is InChI=1S/C10H11N3O2/c1-2-11-9(14)6-4-3-5-7-8(6)10(15)13-12-7/h3-5,8H,2H2,1H3,(H,11,14)(H,13,15). The molecule has 1 heterocycles. The molecule has 78 valence electrons. The molecule has 2 rings (SSSR count). The van der Waals surface area contributed by atoms with Crippen molar-refractivity contribution in [3.05, 3.63) is 23.8 Å². The summed E-state index contributed by atoms with van der Waals surface area (Å²) < 4.78 is 0. The van der Waals surface area contributed by atoms with E-state index in [9.17, 15) is 9.59 Å². The zero-order valence-electron chi connectivity index (χ0n) is 8.28. The number of nitrogens with zero attached hydrogens (tertiary/aromatic N) is 1. The van der Waals surface area contributed by atoms with Crippen molar-refractivity contribution in [2.75, 3.05) is 6.54 Å². The third-order valence-corrected chi connectivity index (χ3v) is 2.31. The number of nitrogens with one attached hydrogen (secondary N) is 2. The summed E-state index contributed by atoms with van der Waals surface area (Å²) >= 11 is 0. The second-order valence-corrected chi connectivity index (χ2v) is 3.29. The number of rotatable bonds is 2. The molecule has 0 aromatic heterocycles. The van der Waals surface area contributed by atoms with Gasteiger partial charge in [-0.25, -0.2) is 5.43 Å². The Morgan fingerprint density at radius 3 is 3.20 bits per heavy atom. The Kier molecular flexibility index (Phi) is 2.37. The minimum atomic E-state index is -0.540. The summed E-state index contributed by atoms with van der Waals surface area (Å²) in [5.41, 5.74) is 3.42. The van der Waals surface area contributed by atoms with Gasteiger partial charge in [-0.3, -0.25) is 9.59 Å². The van der Waals surface area contributed by atoms with Crippen molar-refractivity contribution < 1.29 is 9.59 Å². The third-order valence-electron chi connectivity index (χ3n) is 2.31. The van der Waals surface area contributed by atoms with Crippen molar-refractivity contribution in [3.8, 4) is 0 Å². The summed E-state index contributed by atoms with van der Waals surface area (Å²) in [6.45, 7) is 2.38. The van der Waals surface area contributed by atoms with Crippen LogP contribution in [0.2, 0.25) is 0 Å². The van der Waals surface area contributed by atoms with Gasteiger partial charge in [0.15, 0.2) is 0 Å². The molecule has 1 unspecified atom stereocenters. The fraction of sp³-hybridized carbons (Fsp3) is 0.300. The van der Waals surface area contributed by atoms with Crippen LogP contribution in [0.1, 0.15) is 6.92 Å². The molecule has 2 aliphatic rings. The van der Waals surface area contributed by atoms with Crippen LogP contribution in [0.4, 0.5) is 0 Å². The molecule has 15 heavy (non-hydrogen) atoms. The van der Waals surface area contributed by atoms with E-state index in [1.807, 2.05) is 6.92 Å². The van der Waals surface area contributed by atoms with E-state index in [1.54, 1.807) is 18.2 Å². The molecule has 0 radical (unpaired) electrons. The zero-order valence-corrected chi connectivity index (χ0v) is 8.28. The van der Waals surface area contributed by atoms with Gasteiger partial charge < -0.3 is 5.32 Å². The van der Waals surface area contributed by atoms with E-state index in [4.69, 9.17) is 0 Å². The summed E-state index contributed by atoms with van der Waals surface area (Å²) in [5, 5.41) is 6.51.